The van der Waals surface area contributed by atoms with Crippen LogP contribution in [0.3, 0.4) is 0 Å². The highest BCUT2D eigenvalue weighted by Gasteiger charge is 2.15. The Morgan fingerprint density at radius 1 is 1.40 bits per heavy atom. The van der Waals surface area contributed by atoms with Crippen molar-refractivity contribution < 1.29 is 4.92 Å². The summed E-state index contributed by atoms with van der Waals surface area (Å²) < 4.78 is 0.563. The quantitative estimate of drug-likeness (QED) is 0.581. The molecule has 1 aromatic rings. The zero-order valence-corrected chi connectivity index (χ0v) is 13.8. The maximum absolute atomic E-state index is 10.9. The van der Waals surface area contributed by atoms with Crippen LogP contribution in [-0.4, -0.2) is 35.5 Å². The van der Waals surface area contributed by atoms with E-state index in [2.05, 4.69) is 46.9 Å². The van der Waals surface area contributed by atoms with E-state index in [0.29, 0.717) is 17.1 Å². The van der Waals surface area contributed by atoms with Crippen LogP contribution in [0.15, 0.2) is 22.7 Å². The van der Waals surface area contributed by atoms with Gasteiger partial charge < -0.3 is 10.2 Å². The van der Waals surface area contributed by atoms with E-state index in [1.54, 1.807) is 6.07 Å². The van der Waals surface area contributed by atoms with Crippen molar-refractivity contribution in [3.05, 3.63) is 38.3 Å². The molecule has 112 valence electrons. The molecule has 0 saturated carbocycles. The van der Waals surface area contributed by atoms with Gasteiger partial charge in [0, 0.05) is 25.2 Å². The number of likely N-dealkylation sites (N-methyl/N-ethyl adjacent to an activating group) is 1. The van der Waals surface area contributed by atoms with E-state index in [9.17, 15) is 10.1 Å². The molecule has 0 aliphatic rings. The maximum atomic E-state index is 10.9. The van der Waals surface area contributed by atoms with Crippen LogP contribution >= 0.6 is 15.9 Å². The van der Waals surface area contributed by atoms with Crippen molar-refractivity contribution in [3.8, 4) is 0 Å². The van der Waals surface area contributed by atoms with Crippen LogP contribution in [0.4, 0.5) is 5.69 Å². The van der Waals surface area contributed by atoms with Crippen molar-refractivity contribution in [1.82, 2.24) is 10.2 Å². The third-order valence-corrected chi connectivity index (χ3v) is 4.24. The van der Waals surface area contributed by atoms with Gasteiger partial charge in [0.2, 0.25) is 0 Å². The molecule has 1 atom stereocenters. The molecule has 0 fully saturated rings. The van der Waals surface area contributed by atoms with Crippen LogP contribution in [0.1, 0.15) is 26.3 Å². The van der Waals surface area contributed by atoms with E-state index in [-0.39, 0.29) is 10.6 Å². The number of benzene rings is 1. The molecule has 1 aromatic carbocycles. The molecular weight excluding hydrogens is 322 g/mol. The molecule has 0 heterocycles. The van der Waals surface area contributed by atoms with Gasteiger partial charge in [-0.2, -0.15) is 0 Å². The highest BCUT2D eigenvalue weighted by molar-refractivity contribution is 9.10. The fourth-order valence-corrected chi connectivity index (χ4v) is 2.61. The summed E-state index contributed by atoms with van der Waals surface area (Å²) >= 11 is 3.32. The summed E-state index contributed by atoms with van der Waals surface area (Å²) in [7, 11) is 0. The van der Waals surface area contributed by atoms with Crippen molar-refractivity contribution in [2.75, 3.05) is 19.6 Å². The van der Waals surface area contributed by atoms with Crippen LogP contribution < -0.4 is 5.32 Å². The first-order chi connectivity index (χ1) is 9.49. The Hall–Kier alpha value is -0.980. The smallest absolute Gasteiger partial charge is 0.283 e. The third kappa shape index (κ3) is 4.85. The number of nitrogens with one attached hydrogen (secondary N) is 1. The van der Waals surface area contributed by atoms with Crippen LogP contribution in [0.2, 0.25) is 0 Å². The van der Waals surface area contributed by atoms with Crippen LogP contribution in [0.5, 0.6) is 0 Å². The molecule has 0 aromatic heterocycles. The Kier molecular flexibility index (Phi) is 7.12. The average Bonchev–Trinajstić information content (AvgIpc) is 2.43. The average molecular weight is 344 g/mol. The van der Waals surface area contributed by atoms with Crippen LogP contribution in [0, 0.1) is 10.1 Å². The third-order valence-electron chi connectivity index (χ3n) is 3.32. The van der Waals surface area contributed by atoms with Crippen molar-refractivity contribution in [1.29, 1.82) is 0 Å². The number of halogens is 1. The Morgan fingerprint density at radius 3 is 2.60 bits per heavy atom. The molecule has 5 nitrogen and oxygen atoms in total. The molecule has 6 heteroatoms. The predicted molar refractivity (Wildman–Crippen MR) is 84.9 cm³/mol. The molecule has 0 bridgehead atoms. The minimum atomic E-state index is -0.368. The summed E-state index contributed by atoms with van der Waals surface area (Å²) in [6, 6.07) is 5.46. The van der Waals surface area contributed by atoms with Gasteiger partial charge in [0.05, 0.1) is 9.40 Å². The van der Waals surface area contributed by atoms with Gasteiger partial charge >= 0.3 is 0 Å². The van der Waals surface area contributed by atoms with Gasteiger partial charge in [0.25, 0.3) is 5.69 Å². The molecule has 1 N–H and O–H groups in total. The van der Waals surface area contributed by atoms with Gasteiger partial charge in [-0.3, -0.25) is 10.1 Å². The van der Waals surface area contributed by atoms with Crippen molar-refractivity contribution >= 4 is 21.6 Å². The topological polar surface area (TPSA) is 58.4 Å². The lowest BCUT2D eigenvalue weighted by molar-refractivity contribution is -0.385. The van der Waals surface area contributed by atoms with E-state index < -0.39 is 0 Å². The first-order valence-corrected chi connectivity index (χ1v) is 7.66. The minimum Gasteiger partial charge on any atom is -0.309 e. The SMILES string of the molecule is CCN(CC)CC(C)NCc1cccc([N+](=O)[O-])c1Br. The fraction of sp³-hybridized carbons (Fsp3) is 0.571. The van der Waals surface area contributed by atoms with Gasteiger partial charge in [-0.1, -0.05) is 26.0 Å². The molecule has 0 radical (unpaired) electrons. The number of nitro benzene ring substituents is 1. The van der Waals surface area contributed by atoms with Crippen molar-refractivity contribution in [3.63, 3.8) is 0 Å². The second-order valence-electron chi connectivity index (χ2n) is 4.78. The number of rotatable bonds is 8. The predicted octanol–water partition coefficient (Wildman–Crippen LogP) is 3.18. The van der Waals surface area contributed by atoms with Gasteiger partial charge in [-0.25, -0.2) is 0 Å². The number of hydrogen-bond acceptors (Lipinski definition) is 4. The highest BCUT2D eigenvalue weighted by atomic mass is 79.9. The zero-order valence-electron chi connectivity index (χ0n) is 12.2. The summed E-state index contributed by atoms with van der Waals surface area (Å²) in [6.07, 6.45) is 0. The molecule has 0 amide bonds. The normalized spacial score (nSPS) is 12.7. The second kappa shape index (κ2) is 8.34. The van der Waals surface area contributed by atoms with Gasteiger partial charge in [0.1, 0.15) is 0 Å². The summed E-state index contributed by atoms with van der Waals surface area (Å²) in [5.74, 6) is 0. The Morgan fingerprint density at radius 2 is 2.05 bits per heavy atom. The van der Waals surface area contributed by atoms with Crippen molar-refractivity contribution in [2.24, 2.45) is 0 Å². The van der Waals surface area contributed by atoms with E-state index in [0.717, 1.165) is 25.2 Å². The molecular formula is C14H22BrN3O2. The summed E-state index contributed by atoms with van der Waals surface area (Å²) in [5.41, 5.74) is 1.02. The highest BCUT2D eigenvalue weighted by Crippen LogP contribution is 2.28. The summed E-state index contributed by atoms with van der Waals surface area (Å²) in [4.78, 5) is 12.9. The lowest BCUT2D eigenvalue weighted by Gasteiger charge is -2.23. The maximum Gasteiger partial charge on any atom is 0.283 e. The van der Waals surface area contributed by atoms with E-state index >= 15 is 0 Å². The first-order valence-electron chi connectivity index (χ1n) is 6.87. The van der Waals surface area contributed by atoms with Crippen molar-refractivity contribution in [2.45, 2.75) is 33.4 Å². The van der Waals surface area contributed by atoms with E-state index in [1.165, 1.54) is 6.07 Å². The number of nitro groups is 1. The lowest BCUT2D eigenvalue weighted by Crippen LogP contribution is -2.38. The molecule has 1 rings (SSSR count). The van der Waals surface area contributed by atoms with Crippen LogP contribution in [0.25, 0.3) is 0 Å². The molecule has 1 unspecified atom stereocenters. The molecule has 20 heavy (non-hydrogen) atoms. The minimum absolute atomic E-state index is 0.112. The lowest BCUT2D eigenvalue weighted by atomic mass is 10.2. The Labute approximate surface area is 128 Å². The van der Waals surface area contributed by atoms with Gasteiger partial charge in [-0.05, 0) is 41.5 Å². The summed E-state index contributed by atoms with van der Waals surface area (Å²) in [6.45, 7) is 10.1. The standard InChI is InChI=1S/C14H22BrN3O2/c1-4-17(5-2)10-11(3)16-9-12-7-6-8-13(14(12)15)18(19)20/h6-8,11,16H,4-5,9-10H2,1-3H3. The molecule has 0 aliphatic carbocycles. The van der Waals surface area contributed by atoms with Crippen LogP contribution in [-0.2, 0) is 6.54 Å². The monoisotopic (exact) mass is 343 g/mol. The molecule has 0 saturated heterocycles. The first kappa shape index (κ1) is 17.1. The van der Waals surface area contributed by atoms with E-state index in [4.69, 9.17) is 0 Å². The zero-order chi connectivity index (χ0) is 15.1. The fourth-order valence-electron chi connectivity index (χ4n) is 2.06. The molecule has 0 spiro atoms. The molecule has 0 aliphatic heterocycles. The second-order valence-corrected chi connectivity index (χ2v) is 5.57. The number of hydrogen-bond donors (Lipinski definition) is 1. The largest absolute Gasteiger partial charge is 0.309 e. The van der Waals surface area contributed by atoms with Gasteiger partial charge in [-0.15, -0.1) is 0 Å². The van der Waals surface area contributed by atoms with E-state index in [1.807, 2.05) is 6.07 Å². The summed E-state index contributed by atoms with van der Waals surface area (Å²) in [5, 5.41) is 14.3. The van der Waals surface area contributed by atoms with Gasteiger partial charge in [0.15, 0.2) is 0 Å². The Bertz CT molecular complexity index is 450. The Balaban J connectivity index is 2.62. The number of nitrogens with zero attached hydrogens (tertiary/aromatic N) is 2.